The number of fused-ring (bicyclic) bond motifs is 1. The number of aromatic amines is 1. The Hall–Kier alpha value is -1.48. The van der Waals surface area contributed by atoms with Gasteiger partial charge in [0.15, 0.2) is 0 Å². The third-order valence-corrected chi connectivity index (χ3v) is 6.75. The fourth-order valence-electron chi connectivity index (χ4n) is 3.75. The number of anilines is 1. The molecule has 1 saturated carbocycles. The Morgan fingerprint density at radius 3 is 2.81 bits per heavy atom. The van der Waals surface area contributed by atoms with Crippen molar-refractivity contribution in [1.29, 1.82) is 0 Å². The second-order valence-electron chi connectivity index (χ2n) is 7.30. The Bertz CT molecular complexity index is 752. The number of H-pyrrole nitrogens is 1. The summed E-state index contributed by atoms with van der Waals surface area (Å²) in [6, 6.07) is 2.47. The highest BCUT2D eigenvalue weighted by Crippen LogP contribution is 2.38. The number of nitrogens with one attached hydrogen (secondary N) is 1. The molecule has 0 bridgehead atoms. The van der Waals surface area contributed by atoms with Gasteiger partial charge in [-0.3, -0.25) is 4.90 Å². The molecule has 0 amide bonds. The first-order chi connectivity index (χ1) is 12.4. The Kier molecular flexibility index (Phi) is 4.77. The summed E-state index contributed by atoms with van der Waals surface area (Å²) < 4.78 is 36.9. The number of aromatic nitrogens is 3. The third kappa shape index (κ3) is 3.78. The molecule has 2 aromatic rings. The van der Waals surface area contributed by atoms with Crippen LogP contribution in [-0.4, -0.2) is 69.8 Å². The highest BCUT2D eigenvalue weighted by atomic mass is 32.2. The standard InChI is InChI=1S/C17H22F3N5S/c1-24(16-14-2-3-21-15(14)22-10-23-16)12-4-11(5-12)8-26-13-6-25(7-13)9-17(18,19)20/h2-3,10-13H,4-9H2,1H3,(H,21,22,23). The van der Waals surface area contributed by atoms with Gasteiger partial charge in [0.25, 0.3) is 0 Å². The summed E-state index contributed by atoms with van der Waals surface area (Å²) in [7, 11) is 2.07. The fourth-order valence-corrected chi connectivity index (χ4v) is 5.20. The Morgan fingerprint density at radius 1 is 1.31 bits per heavy atom. The van der Waals surface area contributed by atoms with Crippen molar-refractivity contribution >= 4 is 28.6 Å². The number of nitrogens with zero attached hydrogens (tertiary/aromatic N) is 4. The van der Waals surface area contributed by atoms with E-state index in [4.69, 9.17) is 0 Å². The van der Waals surface area contributed by atoms with Crippen LogP contribution in [0.4, 0.5) is 19.0 Å². The molecular weight excluding hydrogens is 363 g/mol. The predicted octanol–water partition coefficient (Wildman–Crippen LogP) is 3.15. The van der Waals surface area contributed by atoms with Crippen molar-refractivity contribution in [3.63, 3.8) is 0 Å². The summed E-state index contributed by atoms with van der Waals surface area (Å²) in [6.45, 7) is 0.353. The number of thioether (sulfide) groups is 1. The maximum Gasteiger partial charge on any atom is 0.401 e. The molecule has 2 aliphatic rings. The minimum Gasteiger partial charge on any atom is -0.356 e. The molecule has 1 saturated heterocycles. The van der Waals surface area contributed by atoms with Crippen LogP contribution in [0.3, 0.4) is 0 Å². The van der Waals surface area contributed by atoms with Crippen LogP contribution in [0.5, 0.6) is 0 Å². The van der Waals surface area contributed by atoms with Gasteiger partial charge in [-0.1, -0.05) is 0 Å². The van der Waals surface area contributed by atoms with Crippen LogP contribution in [-0.2, 0) is 0 Å². The van der Waals surface area contributed by atoms with Crippen molar-refractivity contribution < 1.29 is 13.2 Å². The average molecular weight is 385 g/mol. The van der Waals surface area contributed by atoms with Gasteiger partial charge in [-0.25, -0.2) is 9.97 Å². The van der Waals surface area contributed by atoms with Gasteiger partial charge in [0.05, 0.1) is 11.9 Å². The molecule has 1 aliphatic heterocycles. The van der Waals surface area contributed by atoms with Crippen molar-refractivity contribution in [2.45, 2.75) is 30.3 Å². The van der Waals surface area contributed by atoms with Crippen molar-refractivity contribution in [3.05, 3.63) is 18.6 Å². The average Bonchev–Trinajstić information content (AvgIpc) is 2.97. The van der Waals surface area contributed by atoms with Gasteiger partial charge in [0.1, 0.15) is 17.8 Å². The molecule has 3 heterocycles. The van der Waals surface area contributed by atoms with E-state index in [0.717, 1.165) is 35.4 Å². The van der Waals surface area contributed by atoms with Gasteiger partial charge < -0.3 is 9.88 Å². The summed E-state index contributed by atoms with van der Waals surface area (Å²) >= 11 is 1.83. The molecule has 0 aromatic carbocycles. The minimum absolute atomic E-state index is 0.357. The summed E-state index contributed by atoms with van der Waals surface area (Å²) in [5, 5.41) is 1.39. The first-order valence-corrected chi connectivity index (χ1v) is 9.85. The molecule has 1 aliphatic carbocycles. The molecule has 5 nitrogen and oxygen atoms in total. The van der Waals surface area contributed by atoms with Crippen molar-refractivity contribution in [2.75, 3.05) is 37.3 Å². The van der Waals surface area contributed by atoms with E-state index in [1.165, 1.54) is 4.90 Å². The van der Waals surface area contributed by atoms with Crippen molar-refractivity contribution in [2.24, 2.45) is 5.92 Å². The maximum absolute atomic E-state index is 12.3. The molecule has 2 fully saturated rings. The molecule has 26 heavy (non-hydrogen) atoms. The summed E-state index contributed by atoms with van der Waals surface area (Å²) in [6.07, 6.45) is 1.60. The molecule has 0 spiro atoms. The van der Waals surface area contributed by atoms with Gasteiger partial charge in [0.2, 0.25) is 0 Å². The summed E-state index contributed by atoms with van der Waals surface area (Å²) in [4.78, 5) is 15.5. The molecule has 0 atom stereocenters. The van der Waals surface area contributed by atoms with Crippen molar-refractivity contribution in [1.82, 2.24) is 19.9 Å². The smallest absolute Gasteiger partial charge is 0.356 e. The molecular formula is C17H22F3N5S. The van der Waals surface area contributed by atoms with E-state index in [1.807, 2.05) is 24.0 Å². The molecule has 1 N–H and O–H groups in total. The lowest BCUT2D eigenvalue weighted by molar-refractivity contribution is -0.152. The van der Waals surface area contributed by atoms with Gasteiger partial charge in [-0.2, -0.15) is 24.9 Å². The first-order valence-electron chi connectivity index (χ1n) is 8.80. The number of likely N-dealkylation sites (tertiary alicyclic amines) is 1. The number of hydrogen-bond donors (Lipinski definition) is 1. The highest BCUT2D eigenvalue weighted by Gasteiger charge is 2.38. The Labute approximate surface area is 154 Å². The van der Waals surface area contributed by atoms with E-state index in [0.29, 0.717) is 30.3 Å². The van der Waals surface area contributed by atoms with Gasteiger partial charge in [0, 0.05) is 37.6 Å². The Balaban J connectivity index is 1.20. The van der Waals surface area contributed by atoms with Crippen LogP contribution in [0.25, 0.3) is 11.0 Å². The molecule has 2 aromatic heterocycles. The van der Waals surface area contributed by atoms with E-state index in [1.54, 1.807) is 6.33 Å². The van der Waals surface area contributed by atoms with E-state index >= 15 is 0 Å². The van der Waals surface area contributed by atoms with E-state index in [9.17, 15) is 13.2 Å². The lowest BCUT2D eigenvalue weighted by Gasteiger charge is -2.44. The van der Waals surface area contributed by atoms with E-state index in [-0.39, 0.29) is 0 Å². The maximum atomic E-state index is 12.3. The minimum atomic E-state index is -4.08. The molecule has 9 heteroatoms. The second-order valence-corrected chi connectivity index (χ2v) is 8.64. The number of hydrogen-bond acceptors (Lipinski definition) is 5. The van der Waals surface area contributed by atoms with Crippen LogP contribution in [0, 0.1) is 5.92 Å². The monoisotopic (exact) mass is 385 g/mol. The van der Waals surface area contributed by atoms with E-state index in [2.05, 4.69) is 26.9 Å². The first kappa shape index (κ1) is 17.9. The lowest BCUT2D eigenvalue weighted by Crippen LogP contribution is -2.53. The van der Waals surface area contributed by atoms with Crippen molar-refractivity contribution in [3.8, 4) is 0 Å². The lowest BCUT2D eigenvalue weighted by atomic mass is 9.81. The number of rotatable bonds is 6. The summed E-state index contributed by atoms with van der Waals surface area (Å²) in [5.74, 6) is 2.64. The van der Waals surface area contributed by atoms with Crippen LogP contribution in [0.1, 0.15) is 12.8 Å². The quantitative estimate of drug-likeness (QED) is 0.828. The number of halogens is 3. The second kappa shape index (κ2) is 6.92. The largest absolute Gasteiger partial charge is 0.401 e. The van der Waals surface area contributed by atoms with Crippen LogP contribution >= 0.6 is 11.8 Å². The molecule has 4 rings (SSSR count). The fraction of sp³-hybridized carbons (Fsp3) is 0.647. The highest BCUT2D eigenvalue weighted by molar-refractivity contribution is 8.00. The Morgan fingerprint density at radius 2 is 2.08 bits per heavy atom. The summed E-state index contributed by atoms with van der Waals surface area (Å²) in [5.41, 5.74) is 0.849. The van der Waals surface area contributed by atoms with Gasteiger partial charge in [-0.15, -0.1) is 0 Å². The van der Waals surface area contributed by atoms with Crippen LogP contribution < -0.4 is 4.90 Å². The predicted molar refractivity (Wildman–Crippen MR) is 97.5 cm³/mol. The zero-order valence-electron chi connectivity index (χ0n) is 14.5. The van der Waals surface area contributed by atoms with Gasteiger partial charge >= 0.3 is 6.18 Å². The SMILES string of the molecule is CN(c1ncnc2[nH]ccc12)C1CC(CSC2CN(CC(F)(F)F)C2)C1. The van der Waals surface area contributed by atoms with Crippen LogP contribution in [0.2, 0.25) is 0 Å². The van der Waals surface area contributed by atoms with Crippen LogP contribution in [0.15, 0.2) is 18.6 Å². The normalized spacial score (nSPS) is 24.5. The molecule has 142 valence electrons. The molecule has 0 radical (unpaired) electrons. The molecule has 0 unspecified atom stereocenters. The number of alkyl halides is 3. The zero-order chi connectivity index (χ0) is 18.3. The van der Waals surface area contributed by atoms with Gasteiger partial charge in [-0.05, 0) is 30.6 Å². The van der Waals surface area contributed by atoms with E-state index < -0.39 is 12.7 Å². The third-order valence-electron chi connectivity index (χ3n) is 5.32. The zero-order valence-corrected chi connectivity index (χ0v) is 15.4. The topological polar surface area (TPSA) is 48.1 Å².